The van der Waals surface area contributed by atoms with Crippen molar-refractivity contribution in [2.24, 2.45) is 5.92 Å². The summed E-state index contributed by atoms with van der Waals surface area (Å²) in [6, 6.07) is 0. The zero-order valence-electron chi connectivity index (χ0n) is 10.00. The van der Waals surface area contributed by atoms with Crippen LogP contribution in [0, 0.1) is 5.92 Å². The number of hydrogen-bond donors (Lipinski definition) is 0. The number of carbonyl (C=O) groups is 1. The third-order valence-corrected chi connectivity index (χ3v) is 3.22. The van der Waals surface area contributed by atoms with E-state index in [2.05, 4.69) is 18.0 Å². The van der Waals surface area contributed by atoms with Crippen LogP contribution in [0.1, 0.15) is 45.4 Å². The molecule has 0 bridgehead atoms. The molecule has 1 atom stereocenters. The van der Waals surface area contributed by atoms with Crippen LogP contribution in [0.15, 0.2) is 0 Å². The molecule has 0 saturated carbocycles. The maximum Gasteiger partial charge on any atom is 0.305 e. The van der Waals surface area contributed by atoms with Crippen molar-refractivity contribution >= 4 is 20.5 Å². The Labute approximate surface area is 95.2 Å². The van der Waals surface area contributed by atoms with E-state index in [1.165, 1.54) is 41.0 Å². The molecule has 0 rings (SSSR count). The molecule has 15 heavy (non-hydrogen) atoms. The fourth-order valence-corrected chi connectivity index (χ4v) is 2.17. The van der Waals surface area contributed by atoms with Crippen molar-refractivity contribution in [2.75, 3.05) is 13.3 Å². The Kier molecular flexibility index (Phi) is 9.92. The van der Waals surface area contributed by atoms with Crippen molar-refractivity contribution in [3.8, 4) is 0 Å². The Balaban J connectivity index is 3.77. The monoisotopic (exact) mass is 230 g/mol. The Morgan fingerprint density at radius 3 is 2.67 bits per heavy atom. The van der Waals surface area contributed by atoms with Gasteiger partial charge in [0, 0.05) is 6.42 Å². The minimum Gasteiger partial charge on any atom is -0.469 e. The van der Waals surface area contributed by atoms with Gasteiger partial charge in [-0.05, 0) is 24.9 Å². The summed E-state index contributed by atoms with van der Waals surface area (Å²) in [6.07, 6.45) is 11.5. The highest BCUT2D eigenvalue weighted by Gasteiger charge is 2.10. The van der Waals surface area contributed by atoms with Crippen LogP contribution in [-0.4, -0.2) is 25.5 Å². The number of hydrogen-bond acceptors (Lipinski definition) is 2. The van der Waals surface area contributed by atoms with E-state index in [9.17, 15) is 4.79 Å². The topological polar surface area (TPSA) is 26.3 Å². The van der Waals surface area contributed by atoms with E-state index in [0.29, 0.717) is 12.3 Å². The van der Waals surface area contributed by atoms with Gasteiger partial charge < -0.3 is 4.74 Å². The van der Waals surface area contributed by atoms with Gasteiger partial charge in [0.15, 0.2) is 0 Å². The molecule has 0 aliphatic carbocycles. The van der Waals surface area contributed by atoms with Crippen LogP contribution in [0.4, 0.5) is 0 Å². The first kappa shape index (κ1) is 14.6. The summed E-state index contributed by atoms with van der Waals surface area (Å²) in [7, 11) is 2.67. The maximum absolute atomic E-state index is 11.0. The largest absolute Gasteiger partial charge is 0.469 e. The minimum atomic E-state index is -0.0799. The number of rotatable bonds is 9. The highest BCUT2D eigenvalue weighted by atomic mass is 31.1. The normalized spacial score (nSPS) is 12.7. The summed E-state index contributed by atoms with van der Waals surface area (Å²) < 4.78 is 4.66. The van der Waals surface area contributed by atoms with Gasteiger partial charge in [-0.1, -0.05) is 32.5 Å². The Morgan fingerprint density at radius 2 is 2.13 bits per heavy atom. The van der Waals surface area contributed by atoms with Crippen molar-refractivity contribution in [1.29, 1.82) is 0 Å². The summed E-state index contributed by atoms with van der Waals surface area (Å²) in [6.45, 7) is 2.21. The van der Waals surface area contributed by atoms with Gasteiger partial charge >= 0.3 is 5.97 Å². The zero-order chi connectivity index (χ0) is 11.5. The quantitative estimate of drug-likeness (QED) is 0.447. The average molecular weight is 230 g/mol. The van der Waals surface area contributed by atoms with Gasteiger partial charge in [0.2, 0.25) is 0 Å². The first-order chi connectivity index (χ1) is 7.24. The summed E-state index contributed by atoms with van der Waals surface area (Å²) in [5.41, 5.74) is 0. The van der Waals surface area contributed by atoms with Crippen LogP contribution in [0.3, 0.4) is 0 Å². The van der Waals surface area contributed by atoms with Crippen LogP contribution in [-0.2, 0) is 9.53 Å². The first-order valence-electron chi connectivity index (χ1n) is 5.73. The zero-order valence-corrected chi connectivity index (χ0v) is 10.9. The summed E-state index contributed by atoms with van der Waals surface area (Å²) in [5.74, 6) is 0.599. The molecule has 0 radical (unpaired) electrons. The van der Waals surface area contributed by atoms with E-state index in [0.717, 1.165) is 12.6 Å². The van der Waals surface area contributed by atoms with Gasteiger partial charge in [0.1, 0.15) is 0 Å². The Bertz CT molecular complexity index is 180. The molecule has 3 heteroatoms. The molecule has 0 saturated heterocycles. The fraction of sp³-hybridized carbons (Fsp3) is 0.833. The second-order valence-corrected chi connectivity index (χ2v) is 4.75. The van der Waals surface area contributed by atoms with Crippen molar-refractivity contribution in [1.82, 2.24) is 0 Å². The Morgan fingerprint density at radius 1 is 1.40 bits per heavy atom. The van der Waals surface area contributed by atoms with Gasteiger partial charge in [0.25, 0.3) is 0 Å². The van der Waals surface area contributed by atoms with E-state index < -0.39 is 0 Å². The van der Waals surface area contributed by atoms with Crippen molar-refractivity contribution in [3.05, 3.63) is 0 Å². The third kappa shape index (κ3) is 8.62. The van der Waals surface area contributed by atoms with Crippen molar-refractivity contribution < 1.29 is 9.53 Å². The lowest BCUT2D eigenvalue weighted by Gasteiger charge is -2.14. The Hall–Kier alpha value is -0.360. The number of carbonyl (C=O) groups excluding carboxylic acids is 1. The van der Waals surface area contributed by atoms with Crippen molar-refractivity contribution in [2.45, 2.75) is 45.4 Å². The molecule has 0 N–H and O–H groups in total. The van der Waals surface area contributed by atoms with Crippen LogP contribution in [0.25, 0.3) is 0 Å². The van der Waals surface area contributed by atoms with Gasteiger partial charge in [0.05, 0.1) is 7.11 Å². The second kappa shape index (κ2) is 10.2. The molecule has 2 nitrogen and oxygen atoms in total. The molecule has 0 aliphatic rings. The second-order valence-electron chi connectivity index (χ2n) is 3.86. The lowest BCUT2D eigenvalue weighted by Crippen LogP contribution is -2.07. The molecule has 0 fully saturated rings. The van der Waals surface area contributed by atoms with E-state index in [-0.39, 0.29) is 5.97 Å². The molecule has 0 aromatic rings. The number of unbranched alkanes of at least 4 members (excludes halogenated alkanes) is 1. The van der Waals surface area contributed by atoms with Crippen LogP contribution in [0.2, 0.25) is 0 Å². The molecule has 0 aromatic heterocycles. The lowest BCUT2D eigenvalue weighted by molar-refractivity contribution is -0.140. The van der Waals surface area contributed by atoms with Gasteiger partial charge in [-0.3, -0.25) is 4.79 Å². The number of ether oxygens (including phenoxy) is 1. The maximum atomic E-state index is 11.0. The summed E-state index contributed by atoms with van der Waals surface area (Å²) in [5, 5.41) is 0. The van der Waals surface area contributed by atoms with Crippen LogP contribution in [0.5, 0.6) is 0 Å². The van der Waals surface area contributed by atoms with E-state index in [1.54, 1.807) is 0 Å². The number of esters is 1. The van der Waals surface area contributed by atoms with Gasteiger partial charge in [-0.2, -0.15) is 0 Å². The molecule has 0 spiro atoms. The smallest absolute Gasteiger partial charge is 0.305 e. The molecular formula is C12H23O2P. The standard InChI is InChI=1S/C12H23O2P/c1-4-5-6-11(9-10-15-3)7-8-12(13)14-2/h11H,3-10H2,1-2H3. The third-order valence-electron chi connectivity index (χ3n) is 2.65. The predicted molar refractivity (Wildman–Crippen MR) is 67.8 cm³/mol. The fourth-order valence-electron chi connectivity index (χ4n) is 1.62. The highest BCUT2D eigenvalue weighted by Crippen LogP contribution is 2.20. The average Bonchev–Trinajstić information content (AvgIpc) is 2.27. The highest BCUT2D eigenvalue weighted by molar-refractivity contribution is 7.36. The molecular weight excluding hydrogens is 207 g/mol. The SMILES string of the molecule is C=PCCC(CCCC)CCC(=O)OC. The van der Waals surface area contributed by atoms with Crippen LogP contribution < -0.4 is 0 Å². The molecule has 0 aromatic carbocycles. The molecule has 0 heterocycles. The van der Waals surface area contributed by atoms with Crippen molar-refractivity contribution in [3.63, 3.8) is 0 Å². The molecule has 0 aliphatic heterocycles. The molecule has 1 unspecified atom stereocenters. The summed E-state index contributed by atoms with van der Waals surface area (Å²) in [4.78, 5) is 11.0. The van der Waals surface area contributed by atoms with E-state index in [1.807, 2.05) is 0 Å². The van der Waals surface area contributed by atoms with Gasteiger partial charge in [-0.25, -0.2) is 0 Å². The molecule has 88 valence electrons. The van der Waals surface area contributed by atoms with E-state index in [4.69, 9.17) is 0 Å². The predicted octanol–water partition coefficient (Wildman–Crippen LogP) is 3.51. The van der Waals surface area contributed by atoms with E-state index >= 15 is 0 Å². The summed E-state index contributed by atoms with van der Waals surface area (Å²) >= 11 is 0. The minimum absolute atomic E-state index is 0.0799. The van der Waals surface area contributed by atoms with Crippen LogP contribution >= 0.6 is 8.20 Å². The lowest BCUT2D eigenvalue weighted by atomic mass is 9.94. The number of methoxy groups -OCH3 is 1. The molecule has 0 amide bonds. The van der Waals surface area contributed by atoms with Gasteiger partial charge in [-0.15, -0.1) is 8.20 Å². The first-order valence-corrected chi connectivity index (χ1v) is 7.00.